The molecule has 18 nitrogen and oxygen atoms in total. The van der Waals surface area contributed by atoms with Crippen LogP contribution in [0.3, 0.4) is 0 Å². The van der Waals surface area contributed by atoms with Gasteiger partial charge in [0.1, 0.15) is 17.2 Å². The van der Waals surface area contributed by atoms with Crippen molar-refractivity contribution in [2.75, 3.05) is 35.8 Å². The molecule has 0 heterocycles. The van der Waals surface area contributed by atoms with E-state index in [0.29, 0.717) is 69.9 Å². The van der Waals surface area contributed by atoms with E-state index in [1.54, 1.807) is 114 Å². The number of aryl methyl sites for hydroxylation is 6. The van der Waals surface area contributed by atoms with Crippen LogP contribution in [-0.4, -0.2) is 71.8 Å². The number of nitrogens with one attached hydrogen (secondary N) is 6. The Morgan fingerprint density at radius 1 is 0.378 bits per heavy atom. The van der Waals surface area contributed by atoms with Crippen LogP contribution in [0.25, 0.3) is 0 Å². The number of alkyl halides is 6. The first-order valence-corrected chi connectivity index (χ1v) is 35.9. The molecule has 90 heavy (non-hydrogen) atoms. The maximum atomic E-state index is 13.9. The predicted molar refractivity (Wildman–Crippen MR) is 364 cm³/mol. The number of benzene rings is 6. The molecule has 6 amide bonds. The zero-order valence-electron chi connectivity index (χ0n) is 51.5. The lowest BCUT2D eigenvalue weighted by Gasteiger charge is -2.29. The van der Waals surface area contributed by atoms with Crippen molar-refractivity contribution in [1.82, 2.24) is 14.2 Å². The minimum atomic E-state index is -4.35. The molecule has 492 valence electrons. The Morgan fingerprint density at radius 3 is 0.811 bits per heavy atom. The molecule has 0 radical (unpaired) electrons. The van der Waals surface area contributed by atoms with E-state index in [1.807, 2.05) is 0 Å². The fourth-order valence-corrected chi connectivity index (χ4v) is 11.8. The third-order valence-electron chi connectivity index (χ3n) is 13.3. The number of sulfonamides is 3. The molecule has 0 aromatic heterocycles. The molecule has 6 rings (SSSR count). The number of carbonyl (C=O) groups excluding carboxylic acids is 3. The topological polar surface area (TPSA) is 253 Å². The van der Waals surface area contributed by atoms with Gasteiger partial charge < -0.3 is 30.2 Å². The quantitative estimate of drug-likeness (QED) is 0.0160. The van der Waals surface area contributed by atoms with Crippen LogP contribution < -0.4 is 44.3 Å². The Morgan fingerprint density at radius 2 is 0.600 bits per heavy atom. The largest absolute Gasteiger partial charge is 0.493 e. The maximum absolute atomic E-state index is 13.9. The van der Waals surface area contributed by atoms with Crippen molar-refractivity contribution >= 4 is 135 Å². The highest BCUT2D eigenvalue weighted by Gasteiger charge is 2.33. The fraction of sp³-hybridized carbons (Fsp3) is 0.381. The van der Waals surface area contributed by atoms with E-state index in [2.05, 4.69) is 50.9 Å². The summed E-state index contributed by atoms with van der Waals surface area (Å²) in [6.45, 7) is 17.7. The van der Waals surface area contributed by atoms with Crippen LogP contribution in [0.4, 0.5) is 31.4 Å². The average molecular weight is 1420 g/mol. The number of ether oxygens (including phenoxy) is 3. The van der Waals surface area contributed by atoms with Crippen LogP contribution in [-0.2, 0) is 30.1 Å². The van der Waals surface area contributed by atoms with Crippen molar-refractivity contribution in [3.05, 3.63) is 159 Å². The Balaban J connectivity index is 0.00000204. The third kappa shape index (κ3) is 25.0. The number of halogens is 6. The van der Waals surface area contributed by atoms with Gasteiger partial charge in [0.05, 0.1) is 34.5 Å². The Labute approximate surface area is 560 Å². The van der Waals surface area contributed by atoms with E-state index in [1.165, 1.54) is 36.4 Å². The molecule has 0 spiro atoms. The lowest BCUT2D eigenvalue weighted by atomic mass is 9.80. The molecular weight excluding hydrogens is 1340 g/mol. The first kappa shape index (κ1) is 76.6. The van der Waals surface area contributed by atoms with Crippen molar-refractivity contribution < 1.29 is 53.8 Å². The molecule has 0 saturated heterocycles. The zero-order valence-corrected chi connectivity index (χ0v) is 58.5. The monoisotopic (exact) mass is 1420 g/mol. The van der Waals surface area contributed by atoms with E-state index in [4.69, 9.17) is 83.8 Å². The van der Waals surface area contributed by atoms with Crippen molar-refractivity contribution in [1.29, 1.82) is 0 Å². The Hall–Kier alpha value is -5.88. The van der Waals surface area contributed by atoms with Gasteiger partial charge in [0.25, 0.3) is 30.1 Å². The first-order valence-electron chi connectivity index (χ1n) is 28.8. The highest BCUT2D eigenvalue weighted by atomic mass is 35.6. The van der Waals surface area contributed by atoms with Gasteiger partial charge in [-0.25, -0.2) is 53.8 Å². The predicted octanol–water partition coefficient (Wildman–Crippen LogP) is 16.9. The molecule has 0 bridgehead atoms. The van der Waals surface area contributed by atoms with Crippen LogP contribution >= 0.6 is 69.6 Å². The molecule has 6 aromatic rings. The SMILES string of the molecule is CCCCCOc1c(C)cc(NC(=O)NS(=O)(=O)c2ccc(C)cc2)cc1C(c1cc(NC(=O)NS(=O)(=O)c2ccc(C)cc2)cc(C)c1OCCCCC)c1cc(NC(=O)NS(=O)(=O)c2ccc(C)cc2)cc(C)c1OCCCCC.ClC(Cl)Cl.ClC(Cl)Cl. The molecule has 27 heteroatoms. The number of rotatable bonds is 27. The molecule has 0 atom stereocenters. The van der Waals surface area contributed by atoms with Crippen LogP contribution in [0.5, 0.6) is 17.2 Å². The second kappa shape index (κ2) is 37.0. The minimum Gasteiger partial charge on any atom is -0.493 e. The maximum Gasteiger partial charge on any atom is 0.333 e. The van der Waals surface area contributed by atoms with Crippen molar-refractivity contribution in [3.8, 4) is 17.2 Å². The highest BCUT2D eigenvalue weighted by Crippen LogP contribution is 2.49. The van der Waals surface area contributed by atoms with Gasteiger partial charge in [-0.3, -0.25) is 0 Å². The summed E-state index contributed by atoms with van der Waals surface area (Å²) in [4.78, 5) is 41.4. The normalized spacial score (nSPS) is 11.4. The van der Waals surface area contributed by atoms with E-state index in [0.717, 1.165) is 55.2 Å². The molecule has 6 N–H and O–H groups in total. The van der Waals surface area contributed by atoms with Crippen LogP contribution in [0.15, 0.2) is 124 Å². The summed E-state index contributed by atoms with van der Waals surface area (Å²) in [5.74, 6) is -0.0137. The fourth-order valence-electron chi connectivity index (χ4n) is 9.10. The molecule has 0 unspecified atom stereocenters. The summed E-state index contributed by atoms with van der Waals surface area (Å²) < 4.78 is 107. The minimum absolute atomic E-state index is 0.130. The van der Waals surface area contributed by atoms with Crippen LogP contribution in [0.2, 0.25) is 0 Å². The summed E-state index contributed by atoms with van der Waals surface area (Å²) in [5.41, 5.74) is 5.59. The summed E-state index contributed by atoms with van der Waals surface area (Å²) in [6.07, 6.45) is 7.15. The van der Waals surface area contributed by atoms with Gasteiger partial charge in [0, 0.05) is 39.7 Å². The number of carbonyl (C=O) groups is 3. The van der Waals surface area contributed by atoms with Gasteiger partial charge in [-0.1, -0.05) is 182 Å². The summed E-state index contributed by atoms with van der Waals surface area (Å²) >= 11 is 28.8. The Kier molecular flexibility index (Phi) is 31.5. The summed E-state index contributed by atoms with van der Waals surface area (Å²) in [6, 6.07) is 24.7. The molecule has 0 aliphatic rings. The molecule has 0 aliphatic heterocycles. The lowest BCUT2D eigenvalue weighted by molar-refractivity contribution is 0.255. The molecule has 0 fully saturated rings. The second-order valence-corrected chi connectivity index (χ2v) is 29.9. The number of urea groups is 3. The standard InChI is InChI=1S/C61H76N6O12S3.2CHCl3/c1-10-13-16-31-77-56-43(7)34-46(62-59(68)65-80(71,72)49-25-19-40(4)20-26-49)37-52(56)55(53-38-47(35-44(8)57(53)78-32-17-14-11-2)63-60(69)66-81(73,74)50-27-21-41(5)22-28-50)54-39-48(36-45(9)58(54)79-33-18-15-12-3)64-61(70)67-82(75,76)51-29-23-42(6)24-30-51;2*2-1(3)4/h19-30,34-39,55H,10-18,31-33H2,1-9H3,(H2,62,65,68)(H2,63,66,69)(H2,64,67,70);2*1H. The smallest absolute Gasteiger partial charge is 0.333 e. The Bertz CT molecular complexity index is 3310. The van der Waals surface area contributed by atoms with Crippen molar-refractivity contribution in [2.24, 2.45) is 0 Å². The number of hydrogen-bond donors (Lipinski definition) is 6. The van der Waals surface area contributed by atoms with Crippen LogP contribution in [0, 0.1) is 41.5 Å². The first-order chi connectivity index (χ1) is 42.4. The van der Waals surface area contributed by atoms with Gasteiger partial charge in [-0.15, -0.1) is 0 Å². The van der Waals surface area contributed by atoms with E-state index >= 15 is 0 Å². The molecule has 6 aromatic carbocycles. The van der Waals surface area contributed by atoms with Gasteiger partial charge in [0.15, 0.2) is 8.59 Å². The van der Waals surface area contributed by atoms with Gasteiger partial charge >= 0.3 is 18.1 Å². The second-order valence-electron chi connectivity index (χ2n) is 20.8. The molecular formula is C63H78Cl6N6O12S3. The van der Waals surface area contributed by atoms with Crippen molar-refractivity contribution in [2.45, 2.75) is 149 Å². The number of hydrogen-bond acceptors (Lipinski definition) is 12. The summed E-state index contributed by atoms with van der Waals surface area (Å²) in [5, 5.41) is 8.19. The zero-order chi connectivity index (χ0) is 66.9. The van der Waals surface area contributed by atoms with Crippen molar-refractivity contribution in [3.63, 3.8) is 0 Å². The number of unbranched alkanes of at least 4 members (excludes halogenated alkanes) is 6. The number of amides is 6. The lowest BCUT2D eigenvalue weighted by Crippen LogP contribution is -2.34. The number of anilines is 3. The van der Waals surface area contributed by atoms with E-state index in [9.17, 15) is 39.6 Å². The van der Waals surface area contributed by atoms with E-state index < -0.39 is 62.7 Å². The molecule has 0 aliphatic carbocycles. The summed E-state index contributed by atoms with van der Waals surface area (Å²) in [7, 11) is -13.1. The van der Waals surface area contributed by atoms with Gasteiger partial charge in [0.2, 0.25) is 0 Å². The van der Waals surface area contributed by atoms with Gasteiger partial charge in [-0.2, -0.15) is 0 Å². The third-order valence-corrected chi connectivity index (χ3v) is 17.3. The molecule has 0 saturated carbocycles. The van der Waals surface area contributed by atoms with E-state index in [-0.39, 0.29) is 51.6 Å². The van der Waals surface area contributed by atoms with Crippen LogP contribution in [0.1, 0.15) is 135 Å². The highest BCUT2D eigenvalue weighted by molar-refractivity contribution is 7.90. The average Bonchev–Trinajstić information content (AvgIpc) is 0.965. The van der Waals surface area contributed by atoms with Gasteiger partial charge in [-0.05, 0) is 150 Å².